The first-order valence-electron chi connectivity index (χ1n) is 8.65. The van der Waals surface area contributed by atoms with Gasteiger partial charge >= 0.3 is 18.9 Å². The van der Waals surface area contributed by atoms with Crippen LogP contribution in [0.5, 0.6) is 5.75 Å². The Morgan fingerprint density at radius 3 is 2.33 bits per heavy atom. The van der Waals surface area contributed by atoms with Gasteiger partial charge in [0, 0.05) is 24.3 Å². The number of rotatable bonds is 7. The summed E-state index contributed by atoms with van der Waals surface area (Å²) in [5, 5.41) is 6.78. The third kappa shape index (κ3) is 7.43. The van der Waals surface area contributed by atoms with Crippen molar-refractivity contribution in [3.05, 3.63) is 24.0 Å². The summed E-state index contributed by atoms with van der Waals surface area (Å²) in [6, 6.07) is 1.17. The number of nitrogens with one attached hydrogen (secondary N) is 1. The molecule has 2 aromatic rings. The van der Waals surface area contributed by atoms with E-state index in [1.54, 1.807) is 17.8 Å². The average Bonchev–Trinajstić information content (AvgIpc) is 2.93. The van der Waals surface area contributed by atoms with E-state index in [2.05, 4.69) is 20.1 Å². The smallest absolute Gasteiger partial charge is 0.391 e. The van der Waals surface area contributed by atoms with E-state index in [4.69, 9.17) is 9.59 Å². The van der Waals surface area contributed by atoms with E-state index in [9.17, 15) is 22.0 Å². The Balaban J connectivity index is 0.00000141. The number of hydrogen-bond donors (Lipinski definition) is 1. The van der Waals surface area contributed by atoms with Gasteiger partial charge in [0.2, 0.25) is 0 Å². The Bertz CT molecular complexity index is 875. The summed E-state index contributed by atoms with van der Waals surface area (Å²) >= 11 is 0. The van der Waals surface area contributed by atoms with Gasteiger partial charge in [0.1, 0.15) is 11.6 Å². The number of pyridine rings is 1. The predicted molar refractivity (Wildman–Crippen MR) is 95.9 cm³/mol. The molecule has 0 aromatic carbocycles. The molecule has 166 valence electrons. The molecule has 0 fully saturated rings. The van der Waals surface area contributed by atoms with Crippen LogP contribution in [0.4, 0.5) is 27.8 Å². The van der Waals surface area contributed by atoms with Crippen LogP contribution in [0.1, 0.15) is 32.8 Å². The third-order valence-electron chi connectivity index (χ3n) is 3.77. The standard InChI is InChI=1S/C17H21F5N4O.CO2/c1-5-26-14(10(2)7-24-26)11-8-23-13(6-12(11)27-15(18)19)25-16(3,4)9-17(20,21)22;2-1-3/h6-8,15H,5,9H2,1-4H3,(H,23,25);. The van der Waals surface area contributed by atoms with E-state index in [1.807, 2.05) is 6.92 Å². The quantitative estimate of drug-likeness (QED) is 0.646. The van der Waals surface area contributed by atoms with Crippen LogP contribution in [-0.4, -0.2) is 39.2 Å². The van der Waals surface area contributed by atoms with Crippen molar-refractivity contribution in [2.24, 2.45) is 0 Å². The van der Waals surface area contributed by atoms with Crippen molar-refractivity contribution in [1.29, 1.82) is 0 Å². The predicted octanol–water partition coefficient (Wildman–Crippen LogP) is 4.43. The molecule has 0 aliphatic carbocycles. The van der Waals surface area contributed by atoms with Gasteiger partial charge in [0.15, 0.2) is 0 Å². The largest absolute Gasteiger partial charge is 0.434 e. The summed E-state index contributed by atoms with van der Waals surface area (Å²) in [7, 11) is 0. The van der Waals surface area contributed by atoms with Gasteiger partial charge in [-0.1, -0.05) is 0 Å². The van der Waals surface area contributed by atoms with Crippen LogP contribution in [0.25, 0.3) is 11.3 Å². The molecule has 0 saturated heterocycles. The molecule has 12 heteroatoms. The molecule has 0 bridgehead atoms. The molecule has 0 aliphatic heterocycles. The maximum atomic E-state index is 12.9. The highest BCUT2D eigenvalue weighted by atomic mass is 19.4. The van der Waals surface area contributed by atoms with Crippen LogP contribution in [0, 0.1) is 6.92 Å². The Labute approximate surface area is 169 Å². The fraction of sp³-hybridized carbons (Fsp3) is 0.500. The second kappa shape index (κ2) is 10.1. The van der Waals surface area contributed by atoms with Crippen LogP contribution in [0.2, 0.25) is 0 Å². The molecule has 30 heavy (non-hydrogen) atoms. The van der Waals surface area contributed by atoms with E-state index < -0.39 is 24.7 Å². The molecule has 2 aromatic heterocycles. The maximum Gasteiger partial charge on any atom is 0.391 e. The van der Waals surface area contributed by atoms with Gasteiger partial charge in [-0.05, 0) is 33.3 Å². The highest BCUT2D eigenvalue weighted by molar-refractivity contribution is 5.71. The number of aromatic nitrogens is 3. The zero-order chi connectivity index (χ0) is 23.1. The van der Waals surface area contributed by atoms with E-state index in [-0.39, 0.29) is 23.3 Å². The highest BCUT2D eigenvalue weighted by Gasteiger charge is 2.36. The summed E-state index contributed by atoms with van der Waals surface area (Å²) in [6.45, 7) is 3.70. The van der Waals surface area contributed by atoms with Gasteiger partial charge in [-0.2, -0.15) is 36.6 Å². The Hall–Kier alpha value is -3.01. The van der Waals surface area contributed by atoms with Crippen molar-refractivity contribution in [1.82, 2.24) is 14.8 Å². The number of anilines is 1. The minimum atomic E-state index is -4.39. The molecule has 0 saturated carbocycles. The Morgan fingerprint density at radius 2 is 1.83 bits per heavy atom. The molecule has 2 rings (SSSR count). The molecule has 0 atom stereocenters. The van der Waals surface area contributed by atoms with Gasteiger partial charge in [0.05, 0.1) is 23.9 Å². The van der Waals surface area contributed by atoms with E-state index in [0.717, 1.165) is 5.56 Å². The summed E-state index contributed by atoms with van der Waals surface area (Å²) in [5.74, 6) is -0.188. The van der Waals surface area contributed by atoms with Crippen molar-refractivity contribution >= 4 is 12.0 Å². The molecule has 7 nitrogen and oxygen atoms in total. The summed E-state index contributed by atoms with van der Waals surface area (Å²) in [5.41, 5.74) is 0.194. The number of nitrogens with zero attached hydrogens (tertiary/aromatic N) is 3. The normalized spacial score (nSPS) is 11.5. The van der Waals surface area contributed by atoms with Gasteiger partial charge in [0.25, 0.3) is 0 Å². The molecule has 0 unspecified atom stereocenters. The van der Waals surface area contributed by atoms with Gasteiger partial charge < -0.3 is 10.1 Å². The summed E-state index contributed by atoms with van der Waals surface area (Å²) < 4.78 is 70.0. The van der Waals surface area contributed by atoms with Crippen LogP contribution < -0.4 is 10.1 Å². The fourth-order valence-electron chi connectivity index (χ4n) is 2.84. The first kappa shape index (κ1) is 25.0. The third-order valence-corrected chi connectivity index (χ3v) is 3.77. The van der Waals surface area contributed by atoms with Crippen molar-refractivity contribution in [3.63, 3.8) is 0 Å². The van der Waals surface area contributed by atoms with Gasteiger partial charge in [-0.3, -0.25) is 4.68 Å². The van der Waals surface area contributed by atoms with Crippen LogP contribution >= 0.6 is 0 Å². The minimum absolute atomic E-state index is 0.00358. The second-order valence-electron chi connectivity index (χ2n) is 6.82. The van der Waals surface area contributed by atoms with Crippen molar-refractivity contribution in [2.75, 3.05) is 5.32 Å². The first-order valence-corrected chi connectivity index (χ1v) is 8.65. The molecule has 1 N–H and O–H groups in total. The highest BCUT2D eigenvalue weighted by Crippen LogP contribution is 2.36. The zero-order valence-corrected chi connectivity index (χ0v) is 16.7. The van der Waals surface area contributed by atoms with Gasteiger partial charge in [-0.15, -0.1) is 0 Å². The average molecular weight is 436 g/mol. The minimum Gasteiger partial charge on any atom is -0.434 e. The van der Waals surface area contributed by atoms with Crippen LogP contribution in [0.15, 0.2) is 18.5 Å². The molecule has 0 radical (unpaired) electrons. The molecular formula is C18H21F5N4O3. The van der Waals surface area contributed by atoms with E-state index in [1.165, 1.54) is 26.1 Å². The molecule has 0 aliphatic rings. The molecule has 2 heterocycles. The lowest BCUT2D eigenvalue weighted by Gasteiger charge is -2.28. The molecule has 0 amide bonds. The first-order chi connectivity index (χ1) is 13.8. The Morgan fingerprint density at radius 1 is 1.23 bits per heavy atom. The molecule has 0 spiro atoms. The second-order valence-corrected chi connectivity index (χ2v) is 6.82. The lowest BCUT2D eigenvalue weighted by atomic mass is 10.0. The fourth-order valence-corrected chi connectivity index (χ4v) is 2.84. The summed E-state index contributed by atoms with van der Waals surface area (Å²) in [6.07, 6.45) is -2.37. The number of alkyl halides is 5. The number of ether oxygens (including phenoxy) is 1. The van der Waals surface area contributed by atoms with Crippen LogP contribution in [-0.2, 0) is 16.1 Å². The molecular weight excluding hydrogens is 415 g/mol. The topological polar surface area (TPSA) is 86.1 Å². The van der Waals surface area contributed by atoms with E-state index in [0.29, 0.717) is 12.2 Å². The summed E-state index contributed by atoms with van der Waals surface area (Å²) in [4.78, 5) is 20.3. The van der Waals surface area contributed by atoms with E-state index >= 15 is 0 Å². The van der Waals surface area contributed by atoms with Crippen molar-refractivity contribution in [2.45, 2.75) is 59.0 Å². The van der Waals surface area contributed by atoms with Crippen LogP contribution in [0.3, 0.4) is 0 Å². The SMILES string of the molecule is CCn1ncc(C)c1-c1cnc(NC(C)(C)CC(F)(F)F)cc1OC(F)F.O=C=O. The maximum absolute atomic E-state index is 12.9. The number of aryl methyl sites for hydroxylation is 2. The number of carbonyl (C=O) groups excluding carboxylic acids is 2. The lowest BCUT2D eigenvalue weighted by Crippen LogP contribution is -2.36. The van der Waals surface area contributed by atoms with Crippen molar-refractivity contribution < 1.29 is 36.3 Å². The number of halogens is 5. The zero-order valence-electron chi connectivity index (χ0n) is 16.7. The monoisotopic (exact) mass is 436 g/mol. The Kier molecular flexibility index (Phi) is 8.47. The lowest BCUT2D eigenvalue weighted by molar-refractivity contribution is -0.191. The number of hydrogen-bond acceptors (Lipinski definition) is 6. The van der Waals surface area contributed by atoms with Crippen molar-refractivity contribution in [3.8, 4) is 17.0 Å². The van der Waals surface area contributed by atoms with Gasteiger partial charge in [-0.25, -0.2) is 4.98 Å².